The number of hydrogen-bond donors (Lipinski definition) is 0. The van der Waals surface area contributed by atoms with Gasteiger partial charge in [0.15, 0.2) is 0 Å². The summed E-state index contributed by atoms with van der Waals surface area (Å²) in [4.78, 5) is 10.00. The quantitative estimate of drug-likeness (QED) is 0.380. The summed E-state index contributed by atoms with van der Waals surface area (Å²) in [6.07, 6.45) is 5.28. The summed E-state index contributed by atoms with van der Waals surface area (Å²) in [7, 11) is 0. The van der Waals surface area contributed by atoms with E-state index >= 15 is 0 Å². The zero-order valence-corrected chi connectivity index (χ0v) is 16.7. The van der Waals surface area contributed by atoms with Crippen molar-refractivity contribution < 1.29 is 0 Å². The van der Waals surface area contributed by atoms with Crippen LogP contribution in [0.3, 0.4) is 0 Å². The molecule has 0 radical (unpaired) electrons. The van der Waals surface area contributed by atoms with Crippen LogP contribution in [0.5, 0.6) is 0 Å². The molecular formula is C26H26N2. The zero-order valence-electron chi connectivity index (χ0n) is 16.7. The van der Waals surface area contributed by atoms with Gasteiger partial charge in [-0.25, -0.2) is 9.97 Å². The van der Waals surface area contributed by atoms with Crippen molar-refractivity contribution in [2.24, 2.45) is 5.92 Å². The number of rotatable bonds is 2. The van der Waals surface area contributed by atoms with Crippen LogP contribution in [0.25, 0.3) is 33.1 Å². The topological polar surface area (TPSA) is 25.8 Å². The lowest BCUT2D eigenvalue weighted by molar-refractivity contribution is 0.348. The highest BCUT2D eigenvalue weighted by Gasteiger charge is 2.20. The zero-order chi connectivity index (χ0) is 19.1. The summed E-state index contributed by atoms with van der Waals surface area (Å²) in [5, 5.41) is 2.47. The molecule has 0 bridgehead atoms. The first kappa shape index (κ1) is 17.4. The maximum absolute atomic E-state index is 5.03. The number of fused-ring (bicyclic) bond motifs is 2. The van der Waals surface area contributed by atoms with E-state index in [0.717, 1.165) is 33.9 Å². The van der Waals surface area contributed by atoms with Crippen molar-refractivity contribution in [1.82, 2.24) is 9.97 Å². The lowest BCUT2D eigenvalue weighted by Gasteiger charge is -2.26. The summed E-state index contributed by atoms with van der Waals surface area (Å²) < 4.78 is 0. The van der Waals surface area contributed by atoms with Crippen molar-refractivity contribution in [3.8, 4) is 11.3 Å². The molecule has 28 heavy (non-hydrogen) atoms. The Balaban J connectivity index is 1.58. The SMILES string of the molecule is Cc1nc2cc(C3CCC(C)CC3)ccc2nc1-c1cccc2ccccc12. The summed E-state index contributed by atoms with van der Waals surface area (Å²) >= 11 is 0. The predicted molar refractivity (Wildman–Crippen MR) is 118 cm³/mol. The largest absolute Gasteiger partial charge is 0.249 e. The highest BCUT2D eigenvalue weighted by atomic mass is 14.8. The van der Waals surface area contributed by atoms with Gasteiger partial charge in [0, 0.05) is 5.56 Å². The molecule has 2 heteroatoms. The Morgan fingerprint density at radius 3 is 2.43 bits per heavy atom. The van der Waals surface area contributed by atoms with Gasteiger partial charge in [-0.3, -0.25) is 0 Å². The molecule has 4 aromatic rings. The third-order valence-corrected chi connectivity index (χ3v) is 6.39. The Kier molecular flexibility index (Phi) is 4.35. The van der Waals surface area contributed by atoms with Gasteiger partial charge < -0.3 is 0 Å². The monoisotopic (exact) mass is 366 g/mol. The van der Waals surface area contributed by atoms with Crippen LogP contribution < -0.4 is 0 Å². The average molecular weight is 367 g/mol. The number of hydrogen-bond acceptors (Lipinski definition) is 2. The Hall–Kier alpha value is -2.74. The fraction of sp³-hybridized carbons (Fsp3) is 0.308. The van der Waals surface area contributed by atoms with E-state index < -0.39 is 0 Å². The van der Waals surface area contributed by atoms with Gasteiger partial charge in [0.25, 0.3) is 0 Å². The lowest BCUT2D eigenvalue weighted by Crippen LogP contribution is -2.10. The van der Waals surface area contributed by atoms with Gasteiger partial charge in [-0.1, -0.05) is 68.3 Å². The molecule has 0 N–H and O–H groups in total. The van der Waals surface area contributed by atoms with Crippen molar-refractivity contribution in [3.05, 3.63) is 71.9 Å². The molecule has 1 aromatic heterocycles. The van der Waals surface area contributed by atoms with Crippen molar-refractivity contribution in [3.63, 3.8) is 0 Å². The molecule has 1 aliphatic rings. The van der Waals surface area contributed by atoms with Gasteiger partial charge in [-0.2, -0.15) is 0 Å². The Morgan fingerprint density at radius 2 is 1.57 bits per heavy atom. The lowest BCUT2D eigenvalue weighted by atomic mass is 9.79. The summed E-state index contributed by atoms with van der Waals surface area (Å²) in [6, 6.07) is 21.6. The second-order valence-electron chi connectivity index (χ2n) is 8.39. The Bertz CT molecular complexity index is 1150. The van der Waals surface area contributed by atoms with E-state index in [4.69, 9.17) is 9.97 Å². The fourth-order valence-corrected chi connectivity index (χ4v) is 4.69. The van der Waals surface area contributed by atoms with Crippen molar-refractivity contribution in [2.75, 3.05) is 0 Å². The molecule has 5 rings (SSSR count). The molecule has 140 valence electrons. The highest BCUT2D eigenvalue weighted by molar-refractivity contribution is 5.97. The van der Waals surface area contributed by atoms with Crippen LogP contribution in [0, 0.1) is 12.8 Å². The van der Waals surface area contributed by atoms with E-state index in [2.05, 4.69) is 74.5 Å². The molecule has 3 aromatic carbocycles. The second kappa shape index (κ2) is 7.01. The van der Waals surface area contributed by atoms with Gasteiger partial charge in [0.1, 0.15) is 0 Å². The minimum absolute atomic E-state index is 0.681. The van der Waals surface area contributed by atoms with E-state index in [1.54, 1.807) is 0 Å². The number of aromatic nitrogens is 2. The minimum atomic E-state index is 0.681. The Morgan fingerprint density at radius 1 is 0.786 bits per heavy atom. The van der Waals surface area contributed by atoms with E-state index in [0.29, 0.717) is 5.92 Å². The maximum atomic E-state index is 5.03. The van der Waals surface area contributed by atoms with E-state index in [1.807, 2.05) is 0 Å². The molecule has 0 unspecified atom stereocenters. The van der Waals surface area contributed by atoms with E-state index in [1.165, 1.54) is 42.0 Å². The first-order chi connectivity index (χ1) is 13.7. The molecule has 0 aliphatic heterocycles. The first-order valence-electron chi connectivity index (χ1n) is 10.5. The van der Waals surface area contributed by atoms with Gasteiger partial charge in [0.2, 0.25) is 0 Å². The van der Waals surface area contributed by atoms with Gasteiger partial charge in [-0.15, -0.1) is 0 Å². The van der Waals surface area contributed by atoms with Gasteiger partial charge >= 0.3 is 0 Å². The van der Waals surface area contributed by atoms with Crippen molar-refractivity contribution in [2.45, 2.75) is 45.4 Å². The van der Waals surface area contributed by atoms with E-state index in [9.17, 15) is 0 Å². The molecule has 2 nitrogen and oxygen atoms in total. The highest BCUT2D eigenvalue weighted by Crippen LogP contribution is 2.37. The van der Waals surface area contributed by atoms with Gasteiger partial charge in [0.05, 0.1) is 22.4 Å². The standard InChI is InChI=1S/C26H26N2/c1-17-10-12-19(13-11-17)21-14-15-24-25(16-21)27-18(2)26(28-24)23-9-5-7-20-6-3-4-8-22(20)23/h3-9,14-17,19H,10-13H2,1-2H3. The normalized spacial score (nSPS) is 19.9. The summed E-state index contributed by atoms with van der Waals surface area (Å²) in [6.45, 7) is 4.46. The molecule has 0 amide bonds. The molecule has 1 aliphatic carbocycles. The van der Waals surface area contributed by atoms with Crippen LogP contribution in [0.2, 0.25) is 0 Å². The number of aryl methyl sites for hydroxylation is 1. The smallest absolute Gasteiger partial charge is 0.0928 e. The summed E-state index contributed by atoms with van der Waals surface area (Å²) in [5.41, 5.74) is 6.60. The summed E-state index contributed by atoms with van der Waals surface area (Å²) in [5.74, 6) is 1.56. The van der Waals surface area contributed by atoms with Crippen molar-refractivity contribution in [1.29, 1.82) is 0 Å². The molecule has 0 saturated heterocycles. The molecule has 1 fully saturated rings. The van der Waals surface area contributed by atoms with E-state index in [-0.39, 0.29) is 0 Å². The van der Waals surface area contributed by atoms with Crippen LogP contribution in [0.1, 0.15) is 49.8 Å². The second-order valence-corrected chi connectivity index (χ2v) is 8.39. The molecule has 0 atom stereocenters. The molecule has 0 spiro atoms. The Labute approximate surface area is 166 Å². The van der Waals surface area contributed by atoms with Crippen LogP contribution in [-0.4, -0.2) is 9.97 Å². The van der Waals surface area contributed by atoms with Crippen molar-refractivity contribution >= 4 is 21.8 Å². The number of nitrogens with zero attached hydrogens (tertiary/aromatic N) is 2. The maximum Gasteiger partial charge on any atom is 0.0928 e. The first-order valence-corrected chi connectivity index (χ1v) is 10.5. The average Bonchev–Trinajstić information content (AvgIpc) is 2.73. The van der Waals surface area contributed by atoms with Crippen LogP contribution in [-0.2, 0) is 0 Å². The minimum Gasteiger partial charge on any atom is -0.249 e. The third-order valence-electron chi connectivity index (χ3n) is 6.39. The predicted octanol–water partition coefficient (Wildman–Crippen LogP) is 7.05. The fourth-order valence-electron chi connectivity index (χ4n) is 4.69. The van der Waals surface area contributed by atoms with Crippen LogP contribution in [0.15, 0.2) is 60.7 Å². The van der Waals surface area contributed by atoms with Crippen LogP contribution in [0.4, 0.5) is 0 Å². The molecule has 1 saturated carbocycles. The van der Waals surface area contributed by atoms with Gasteiger partial charge in [-0.05, 0) is 60.1 Å². The van der Waals surface area contributed by atoms with Crippen LogP contribution >= 0.6 is 0 Å². The third kappa shape index (κ3) is 3.07. The molecular weight excluding hydrogens is 340 g/mol. The molecule has 1 heterocycles. The number of benzene rings is 3.